The number of nitriles is 1. The first-order valence-electron chi connectivity index (χ1n) is 13.6. The molecule has 3 amide bonds. The predicted molar refractivity (Wildman–Crippen MR) is 152 cm³/mol. The van der Waals surface area contributed by atoms with Gasteiger partial charge in [-0.2, -0.15) is 23.5 Å². The average Bonchev–Trinajstić information content (AvgIpc) is 3.38. The molecule has 5 rings (SSSR count). The number of amides is 3. The Balaban J connectivity index is 0.000000580. The molecule has 45 heavy (non-hydrogen) atoms. The Hall–Kier alpha value is -5.65. The molecule has 0 radical (unpaired) electrons. The molecule has 11 nitrogen and oxygen atoms in total. The highest BCUT2D eigenvalue weighted by Crippen LogP contribution is 2.34. The lowest BCUT2D eigenvalue weighted by molar-refractivity contribution is -0.141. The van der Waals surface area contributed by atoms with Crippen LogP contribution in [0, 0.1) is 17.1 Å². The van der Waals surface area contributed by atoms with Crippen molar-refractivity contribution in [2.24, 2.45) is 0 Å². The lowest BCUT2D eigenvalue weighted by atomic mass is 9.97. The number of carbonyl (C=O) groups excluding carboxylic acids is 3. The van der Waals surface area contributed by atoms with Crippen LogP contribution in [0.25, 0.3) is 5.69 Å². The summed E-state index contributed by atoms with van der Waals surface area (Å²) in [6.45, 7) is 1.69. The fraction of sp³-hybridized carbons (Fsp3) is 0.233. The van der Waals surface area contributed by atoms with E-state index in [9.17, 15) is 31.9 Å². The van der Waals surface area contributed by atoms with Crippen molar-refractivity contribution < 1.29 is 31.9 Å². The van der Waals surface area contributed by atoms with Gasteiger partial charge in [0.1, 0.15) is 29.9 Å². The fourth-order valence-electron chi connectivity index (χ4n) is 4.48. The molecule has 2 aromatic heterocycles. The molecule has 0 fully saturated rings. The number of halogens is 4. The van der Waals surface area contributed by atoms with Crippen molar-refractivity contribution in [2.75, 3.05) is 18.0 Å². The molecular formula is C30H26F4N8O3. The van der Waals surface area contributed by atoms with Crippen molar-refractivity contribution in [3.05, 3.63) is 102 Å². The molecule has 1 aliphatic heterocycles. The van der Waals surface area contributed by atoms with Crippen molar-refractivity contribution in [2.45, 2.75) is 32.0 Å². The van der Waals surface area contributed by atoms with E-state index in [-0.39, 0.29) is 31.7 Å². The van der Waals surface area contributed by atoms with Gasteiger partial charge in [0.2, 0.25) is 11.7 Å². The van der Waals surface area contributed by atoms with Gasteiger partial charge in [-0.1, -0.05) is 36.4 Å². The third-order valence-electron chi connectivity index (χ3n) is 6.46. The molecule has 1 aliphatic rings. The Morgan fingerprint density at radius 1 is 1.07 bits per heavy atom. The summed E-state index contributed by atoms with van der Waals surface area (Å²) in [5.41, 5.74) is 0.149. The molecule has 4 aromatic rings. The summed E-state index contributed by atoms with van der Waals surface area (Å²) in [6, 6.07) is 18.1. The molecule has 0 spiro atoms. The zero-order valence-electron chi connectivity index (χ0n) is 23.8. The van der Waals surface area contributed by atoms with E-state index in [0.29, 0.717) is 28.8 Å². The van der Waals surface area contributed by atoms with E-state index in [0.717, 1.165) is 6.20 Å². The first-order chi connectivity index (χ1) is 21.5. The number of nitrogens with zero attached hydrogens (tertiary/aromatic N) is 6. The van der Waals surface area contributed by atoms with E-state index in [1.807, 2.05) is 6.07 Å². The highest BCUT2D eigenvalue weighted by Gasteiger charge is 2.39. The second-order valence-corrected chi connectivity index (χ2v) is 9.48. The molecule has 0 saturated carbocycles. The van der Waals surface area contributed by atoms with Crippen LogP contribution in [0.3, 0.4) is 0 Å². The number of aromatic nitrogens is 4. The Labute approximate surface area is 254 Å². The number of nitrogens with one attached hydrogen (secondary N) is 2. The van der Waals surface area contributed by atoms with Crippen LogP contribution in [0.15, 0.2) is 72.9 Å². The lowest BCUT2D eigenvalue weighted by Gasteiger charge is -2.32. The largest absolute Gasteiger partial charge is 0.433 e. The fourth-order valence-corrected chi connectivity index (χ4v) is 4.48. The first-order valence-corrected chi connectivity index (χ1v) is 13.6. The summed E-state index contributed by atoms with van der Waals surface area (Å²) in [5.74, 6) is -2.55. The normalized spacial score (nSPS) is 14.0. The molecule has 1 unspecified atom stereocenters. The number of rotatable bonds is 7. The van der Waals surface area contributed by atoms with Gasteiger partial charge in [0, 0.05) is 24.7 Å². The molecular weight excluding hydrogens is 596 g/mol. The van der Waals surface area contributed by atoms with Gasteiger partial charge in [0.25, 0.3) is 11.8 Å². The number of anilines is 1. The Morgan fingerprint density at radius 2 is 1.73 bits per heavy atom. The van der Waals surface area contributed by atoms with Crippen LogP contribution >= 0.6 is 0 Å². The maximum Gasteiger partial charge on any atom is 0.433 e. The van der Waals surface area contributed by atoms with Crippen molar-refractivity contribution in [1.29, 1.82) is 5.26 Å². The average molecular weight is 623 g/mol. The van der Waals surface area contributed by atoms with Crippen molar-refractivity contribution in [1.82, 2.24) is 30.4 Å². The quantitative estimate of drug-likeness (QED) is 0.237. The van der Waals surface area contributed by atoms with Gasteiger partial charge < -0.3 is 10.6 Å². The summed E-state index contributed by atoms with van der Waals surface area (Å²) in [6.07, 6.45) is -4.25. The monoisotopic (exact) mass is 622 g/mol. The lowest BCUT2D eigenvalue weighted by Crippen LogP contribution is -2.53. The van der Waals surface area contributed by atoms with Crippen LogP contribution < -0.4 is 15.5 Å². The number of fused-ring (bicyclic) bond motifs is 1. The second kappa shape index (κ2) is 14.2. The maximum absolute atomic E-state index is 13.4. The van der Waals surface area contributed by atoms with E-state index in [1.54, 1.807) is 55.5 Å². The van der Waals surface area contributed by atoms with E-state index < -0.39 is 41.5 Å². The number of hydrogen-bond acceptors (Lipinski definition) is 7. The van der Waals surface area contributed by atoms with Gasteiger partial charge in [-0.15, -0.1) is 0 Å². The Morgan fingerprint density at radius 3 is 2.31 bits per heavy atom. The van der Waals surface area contributed by atoms with Gasteiger partial charge in [0.05, 0.1) is 23.9 Å². The van der Waals surface area contributed by atoms with Crippen molar-refractivity contribution in [3.63, 3.8) is 0 Å². The minimum absolute atomic E-state index is 0.0803. The van der Waals surface area contributed by atoms with Crippen molar-refractivity contribution in [3.8, 4) is 11.8 Å². The SMILES string of the molecule is CCN1C(=O)C(NC(=O)c2nccc(C(F)(F)F)n2)Cc2c(CC(=O)NCC#N)nn(-c3ccccc3)c21.Fc1ccccc1. The van der Waals surface area contributed by atoms with Crippen molar-refractivity contribution >= 4 is 23.5 Å². The van der Waals surface area contributed by atoms with Crippen LogP contribution in [0.1, 0.15) is 34.5 Å². The number of likely N-dealkylation sites (N-methyl/N-ethyl adjacent to an activating group) is 1. The van der Waals surface area contributed by atoms with E-state index in [2.05, 4.69) is 25.7 Å². The van der Waals surface area contributed by atoms with E-state index in [4.69, 9.17) is 5.26 Å². The minimum Gasteiger partial charge on any atom is -0.343 e. The molecule has 3 heterocycles. The number of alkyl halides is 3. The molecule has 1 atom stereocenters. The van der Waals surface area contributed by atoms with E-state index >= 15 is 0 Å². The van der Waals surface area contributed by atoms with Gasteiger partial charge in [-0.05, 0) is 37.3 Å². The summed E-state index contributed by atoms with van der Waals surface area (Å²) in [7, 11) is 0. The minimum atomic E-state index is -4.78. The Kier molecular flexibility index (Phi) is 10.2. The van der Waals surface area contributed by atoms with Gasteiger partial charge in [0.15, 0.2) is 0 Å². The molecule has 0 saturated heterocycles. The molecule has 15 heteroatoms. The summed E-state index contributed by atoms with van der Waals surface area (Å²) < 4.78 is 52.6. The van der Waals surface area contributed by atoms with Crippen LogP contribution in [0.4, 0.5) is 23.4 Å². The highest BCUT2D eigenvalue weighted by molar-refractivity contribution is 6.03. The number of para-hydroxylation sites is 1. The number of hydrogen-bond donors (Lipinski definition) is 2. The summed E-state index contributed by atoms with van der Waals surface area (Å²) in [5, 5.41) is 18.2. The number of carbonyl (C=O) groups is 3. The standard InChI is InChI=1S/C24H21F3N8O3.C6H5F/c1-2-34-22-15(16(13-19(36)29-11-9-28)33-35(22)14-6-4-3-5-7-14)12-17(23(34)38)31-21(37)20-30-10-8-18(32-20)24(25,26)27;7-6-4-2-1-3-5-6/h3-8,10,17H,2,11-13H2,1H3,(H,29,36)(H,31,37);1-5H. The molecule has 0 bridgehead atoms. The van der Waals surface area contributed by atoms with Crippen LogP contribution in [-0.4, -0.2) is 56.6 Å². The molecule has 232 valence electrons. The second-order valence-electron chi connectivity index (χ2n) is 9.48. The molecule has 2 N–H and O–H groups in total. The van der Waals surface area contributed by atoms with Crippen LogP contribution in [0.2, 0.25) is 0 Å². The maximum atomic E-state index is 13.4. The highest BCUT2D eigenvalue weighted by atomic mass is 19.4. The van der Waals surface area contributed by atoms with Crippen LogP contribution in [-0.2, 0) is 28.6 Å². The third kappa shape index (κ3) is 7.85. The van der Waals surface area contributed by atoms with Crippen LogP contribution in [0.5, 0.6) is 0 Å². The summed E-state index contributed by atoms with van der Waals surface area (Å²) in [4.78, 5) is 46.8. The van der Waals surface area contributed by atoms with Gasteiger partial charge >= 0.3 is 6.18 Å². The van der Waals surface area contributed by atoms with E-state index in [1.165, 1.54) is 21.7 Å². The zero-order valence-corrected chi connectivity index (χ0v) is 23.8. The topological polar surface area (TPSA) is 146 Å². The molecule has 2 aromatic carbocycles. The predicted octanol–water partition coefficient (Wildman–Crippen LogP) is 3.40. The summed E-state index contributed by atoms with van der Waals surface area (Å²) >= 11 is 0. The number of benzene rings is 2. The molecule has 0 aliphatic carbocycles. The third-order valence-corrected chi connectivity index (χ3v) is 6.46. The first kappa shape index (κ1) is 32.3. The zero-order chi connectivity index (χ0) is 32.6. The smallest absolute Gasteiger partial charge is 0.343 e. The van der Waals surface area contributed by atoms with Gasteiger partial charge in [-0.3, -0.25) is 19.3 Å². The Bertz CT molecular complexity index is 1710. The van der Waals surface area contributed by atoms with Gasteiger partial charge in [-0.25, -0.2) is 19.0 Å².